The quantitative estimate of drug-likeness (QED) is 0.782. The van der Waals surface area contributed by atoms with E-state index in [1.807, 2.05) is 13.0 Å². The molecule has 0 aliphatic heterocycles. The highest BCUT2D eigenvalue weighted by Crippen LogP contribution is 2.21. The van der Waals surface area contributed by atoms with E-state index in [0.717, 1.165) is 29.7 Å². The third kappa shape index (κ3) is 4.64. The summed E-state index contributed by atoms with van der Waals surface area (Å²) in [5, 5.41) is 12.5. The molecule has 0 heterocycles. The molecule has 84 valence electrons. The molecule has 2 N–H and O–H groups in total. The summed E-state index contributed by atoms with van der Waals surface area (Å²) in [5.74, 6) is 0.291. The van der Waals surface area contributed by atoms with Gasteiger partial charge < -0.3 is 15.2 Å². The van der Waals surface area contributed by atoms with E-state index in [9.17, 15) is 5.11 Å². The molecule has 3 nitrogen and oxygen atoms in total. The number of rotatable bonds is 6. The molecule has 0 aliphatic rings. The molecular formula is C11H16BrNO2. The standard InChI is InChI=1S/C11H16BrNO2/c1-2-15-6-5-13-8-9-7-10(14)3-4-11(9)12/h3-4,7,13-14H,2,5-6,8H2,1H3. The van der Waals surface area contributed by atoms with Gasteiger partial charge in [0.15, 0.2) is 0 Å². The first-order valence-electron chi connectivity index (χ1n) is 5.00. The van der Waals surface area contributed by atoms with Crippen molar-refractivity contribution in [1.29, 1.82) is 0 Å². The molecule has 0 aliphatic carbocycles. The van der Waals surface area contributed by atoms with Crippen LogP contribution in [0.15, 0.2) is 22.7 Å². The van der Waals surface area contributed by atoms with Gasteiger partial charge in [-0.15, -0.1) is 0 Å². The fraction of sp³-hybridized carbons (Fsp3) is 0.455. The van der Waals surface area contributed by atoms with E-state index < -0.39 is 0 Å². The number of hydrogen-bond donors (Lipinski definition) is 2. The maximum absolute atomic E-state index is 9.30. The number of nitrogens with one attached hydrogen (secondary N) is 1. The van der Waals surface area contributed by atoms with E-state index in [1.54, 1.807) is 12.1 Å². The Morgan fingerprint density at radius 1 is 1.47 bits per heavy atom. The Kier molecular flexibility index (Phi) is 5.68. The highest BCUT2D eigenvalue weighted by molar-refractivity contribution is 9.10. The van der Waals surface area contributed by atoms with Gasteiger partial charge in [0.2, 0.25) is 0 Å². The van der Waals surface area contributed by atoms with Crippen molar-refractivity contribution in [3.05, 3.63) is 28.2 Å². The maximum Gasteiger partial charge on any atom is 0.115 e. The third-order valence-corrected chi connectivity index (χ3v) is 2.75. The van der Waals surface area contributed by atoms with Crippen LogP contribution in [0.4, 0.5) is 0 Å². The van der Waals surface area contributed by atoms with Gasteiger partial charge in [0.05, 0.1) is 6.61 Å². The normalized spacial score (nSPS) is 10.5. The van der Waals surface area contributed by atoms with E-state index in [0.29, 0.717) is 12.4 Å². The second-order valence-electron chi connectivity index (χ2n) is 3.15. The molecule has 1 aromatic rings. The molecule has 0 aromatic heterocycles. The van der Waals surface area contributed by atoms with Crippen LogP contribution in [-0.4, -0.2) is 24.9 Å². The second kappa shape index (κ2) is 6.82. The lowest BCUT2D eigenvalue weighted by atomic mass is 10.2. The van der Waals surface area contributed by atoms with Gasteiger partial charge in [-0.25, -0.2) is 0 Å². The van der Waals surface area contributed by atoms with Gasteiger partial charge in [0, 0.05) is 24.2 Å². The number of aromatic hydroxyl groups is 1. The van der Waals surface area contributed by atoms with E-state index in [1.165, 1.54) is 0 Å². The molecule has 1 aromatic carbocycles. The van der Waals surface area contributed by atoms with Gasteiger partial charge in [-0.1, -0.05) is 15.9 Å². The Morgan fingerprint density at radius 2 is 2.27 bits per heavy atom. The van der Waals surface area contributed by atoms with Crippen molar-refractivity contribution >= 4 is 15.9 Å². The Labute approximate surface area is 98.6 Å². The van der Waals surface area contributed by atoms with Crippen LogP contribution < -0.4 is 5.32 Å². The number of hydrogen-bond acceptors (Lipinski definition) is 3. The number of phenols is 1. The van der Waals surface area contributed by atoms with Crippen LogP contribution in [0.3, 0.4) is 0 Å². The Balaban J connectivity index is 2.33. The molecule has 0 spiro atoms. The minimum atomic E-state index is 0.291. The molecule has 0 fully saturated rings. The van der Waals surface area contributed by atoms with Gasteiger partial charge in [0.25, 0.3) is 0 Å². The molecule has 0 amide bonds. The Hall–Kier alpha value is -0.580. The number of benzene rings is 1. The smallest absolute Gasteiger partial charge is 0.115 e. The van der Waals surface area contributed by atoms with Crippen molar-refractivity contribution < 1.29 is 9.84 Å². The SMILES string of the molecule is CCOCCNCc1cc(O)ccc1Br. The largest absolute Gasteiger partial charge is 0.508 e. The molecule has 0 atom stereocenters. The summed E-state index contributed by atoms with van der Waals surface area (Å²) in [6, 6.07) is 5.25. The molecule has 0 unspecified atom stereocenters. The van der Waals surface area contributed by atoms with Crippen LogP contribution in [0.1, 0.15) is 12.5 Å². The lowest BCUT2D eigenvalue weighted by Gasteiger charge is -2.07. The van der Waals surface area contributed by atoms with Gasteiger partial charge in [0.1, 0.15) is 5.75 Å². The van der Waals surface area contributed by atoms with Crippen LogP contribution >= 0.6 is 15.9 Å². The molecule has 0 saturated carbocycles. The molecule has 0 saturated heterocycles. The first kappa shape index (κ1) is 12.5. The van der Waals surface area contributed by atoms with E-state index in [-0.39, 0.29) is 0 Å². The van der Waals surface area contributed by atoms with Crippen LogP contribution in [0.2, 0.25) is 0 Å². The number of ether oxygens (including phenoxy) is 1. The average molecular weight is 274 g/mol. The topological polar surface area (TPSA) is 41.5 Å². The highest BCUT2D eigenvalue weighted by Gasteiger charge is 2.00. The third-order valence-electron chi connectivity index (χ3n) is 1.97. The molecule has 0 bridgehead atoms. The zero-order valence-electron chi connectivity index (χ0n) is 8.79. The van der Waals surface area contributed by atoms with Crippen LogP contribution in [0.5, 0.6) is 5.75 Å². The van der Waals surface area contributed by atoms with Crippen molar-refractivity contribution in [3.63, 3.8) is 0 Å². The van der Waals surface area contributed by atoms with Crippen molar-refractivity contribution in [2.24, 2.45) is 0 Å². The highest BCUT2D eigenvalue weighted by atomic mass is 79.9. The predicted octanol–water partition coefficient (Wildman–Crippen LogP) is 2.28. The van der Waals surface area contributed by atoms with Gasteiger partial charge in [-0.05, 0) is 30.7 Å². The maximum atomic E-state index is 9.30. The predicted molar refractivity (Wildman–Crippen MR) is 64.0 cm³/mol. The Bertz CT molecular complexity index is 305. The van der Waals surface area contributed by atoms with Crippen molar-refractivity contribution in [2.75, 3.05) is 19.8 Å². The van der Waals surface area contributed by atoms with Crippen LogP contribution in [0.25, 0.3) is 0 Å². The first-order valence-corrected chi connectivity index (χ1v) is 5.79. The first-order chi connectivity index (χ1) is 7.24. The fourth-order valence-corrected chi connectivity index (χ4v) is 1.60. The monoisotopic (exact) mass is 273 g/mol. The van der Waals surface area contributed by atoms with Gasteiger partial charge in [-0.3, -0.25) is 0 Å². The summed E-state index contributed by atoms with van der Waals surface area (Å²) in [4.78, 5) is 0. The summed E-state index contributed by atoms with van der Waals surface area (Å²) in [6.07, 6.45) is 0. The number of halogens is 1. The van der Waals surface area contributed by atoms with Crippen molar-refractivity contribution in [1.82, 2.24) is 5.32 Å². The van der Waals surface area contributed by atoms with E-state index >= 15 is 0 Å². The minimum absolute atomic E-state index is 0.291. The minimum Gasteiger partial charge on any atom is -0.508 e. The molecule has 15 heavy (non-hydrogen) atoms. The summed E-state index contributed by atoms with van der Waals surface area (Å²) < 4.78 is 6.21. The number of phenolic OH excluding ortho intramolecular Hbond substituents is 1. The molecule has 4 heteroatoms. The van der Waals surface area contributed by atoms with Crippen LogP contribution in [0, 0.1) is 0 Å². The summed E-state index contributed by atoms with van der Waals surface area (Å²) in [7, 11) is 0. The van der Waals surface area contributed by atoms with Crippen LogP contribution in [-0.2, 0) is 11.3 Å². The zero-order chi connectivity index (χ0) is 11.1. The zero-order valence-corrected chi connectivity index (χ0v) is 10.4. The molecule has 0 radical (unpaired) electrons. The molecule has 1 rings (SSSR count). The summed E-state index contributed by atoms with van der Waals surface area (Å²) in [5.41, 5.74) is 1.05. The fourth-order valence-electron chi connectivity index (χ4n) is 1.21. The lowest BCUT2D eigenvalue weighted by Crippen LogP contribution is -2.19. The van der Waals surface area contributed by atoms with Gasteiger partial charge >= 0.3 is 0 Å². The van der Waals surface area contributed by atoms with E-state index in [2.05, 4.69) is 21.2 Å². The van der Waals surface area contributed by atoms with E-state index in [4.69, 9.17) is 4.74 Å². The summed E-state index contributed by atoms with van der Waals surface area (Å²) >= 11 is 3.43. The summed E-state index contributed by atoms with van der Waals surface area (Å²) in [6.45, 7) is 4.98. The Morgan fingerprint density at radius 3 is 3.00 bits per heavy atom. The van der Waals surface area contributed by atoms with Gasteiger partial charge in [-0.2, -0.15) is 0 Å². The second-order valence-corrected chi connectivity index (χ2v) is 4.00. The van der Waals surface area contributed by atoms with Crippen molar-refractivity contribution in [3.8, 4) is 5.75 Å². The molecular weight excluding hydrogens is 258 g/mol. The van der Waals surface area contributed by atoms with Crippen molar-refractivity contribution in [2.45, 2.75) is 13.5 Å². The average Bonchev–Trinajstić information content (AvgIpc) is 2.23. The lowest BCUT2D eigenvalue weighted by molar-refractivity contribution is 0.149.